The van der Waals surface area contributed by atoms with Crippen LogP contribution in [0.15, 0.2) is 17.5 Å². The maximum atomic E-state index is 12.1. The number of amides is 1. The Kier molecular flexibility index (Phi) is 4.49. The molecule has 2 heterocycles. The van der Waals surface area contributed by atoms with Crippen molar-refractivity contribution in [1.29, 1.82) is 0 Å². The summed E-state index contributed by atoms with van der Waals surface area (Å²) in [5.74, 6) is -0.106. The van der Waals surface area contributed by atoms with Crippen molar-refractivity contribution in [2.24, 2.45) is 7.05 Å². The van der Waals surface area contributed by atoms with E-state index in [1.54, 1.807) is 11.6 Å². The van der Waals surface area contributed by atoms with E-state index in [0.29, 0.717) is 0 Å². The number of aliphatic hydroxyl groups is 1. The molecule has 0 aliphatic heterocycles. The first-order valence-corrected chi connectivity index (χ1v) is 7.71. The van der Waals surface area contributed by atoms with E-state index >= 15 is 0 Å². The summed E-state index contributed by atoms with van der Waals surface area (Å²) in [6.07, 6.45) is 0.284. The monoisotopic (exact) mass is 307 g/mol. The van der Waals surface area contributed by atoms with Gasteiger partial charge in [-0.15, -0.1) is 11.3 Å². The third kappa shape index (κ3) is 3.51. The smallest absolute Gasteiger partial charge is 0.224 e. The molecule has 0 aliphatic carbocycles. The minimum Gasteiger partial charge on any atom is -0.383 e. The van der Waals surface area contributed by atoms with Crippen molar-refractivity contribution >= 4 is 17.2 Å². The quantitative estimate of drug-likeness (QED) is 0.883. The van der Waals surface area contributed by atoms with Gasteiger partial charge in [-0.2, -0.15) is 5.10 Å². The van der Waals surface area contributed by atoms with Gasteiger partial charge in [0.05, 0.1) is 18.7 Å². The lowest BCUT2D eigenvalue weighted by Gasteiger charge is -2.22. The number of hydrogen-bond acceptors (Lipinski definition) is 4. The fourth-order valence-corrected chi connectivity index (χ4v) is 3.03. The molecule has 0 saturated carbocycles. The summed E-state index contributed by atoms with van der Waals surface area (Å²) in [4.78, 5) is 12.9. The van der Waals surface area contributed by atoms with Crippen LogP contribution >= 0.6 is 11.3 Å². The first kappa shape index (κ1) is 15.7. The Balaban J connectivity index is 1.97. The third-order valence-corrected chi connectivity index (χ3v) is 4.80. The van der Waals surface area contributed by atoms with Gasteiger partial charge in [0.1, 0.15) is 5.60 Å². The highest BCUT2D eigenvalue weighted by atomic mass is 32.1. The van der Waals surface area contributed by atoms with Gasteiger partial charge < -0.3 is 10.4 Å². The van der Waals surface area contributed by atoms with Crippen LogP contribution in [0, 0.1) is 13.8 Å². The molecule has 0 bridgehead atoms. The van der Waals surface area contributed by atoms with Crippen LogP contribution < -0.4 is 5.32 Å². The molecule has 0 aliphatic rings. The standard InChI is InChI=1S/C15H21N3O2S/c1-10-12(11(2)18(4)17-10)8-14(19)16-9-15(3,20)13-6-5-7-21-13/h5-7,20H,8-9H2,1-4H3,(H,16,19). The van der Waals surface area contributed by atoms with E-state index in [9.17, 15) is 9.90 Å². The molecule has 2 rings (SSSR count). The number of aryl methyl sites for hydroxylation is 2. The Hall–Kier alpha value is -1.66. The molecule has 0 radical (unpaired) electrons. The van der Waals surface area contributed by atoms with Crippen LogP contribution in [-0.2, 0) is 23.9 Å². The predicted octanol–water partition coefficient (Wildman–Crippen LogP) is 1.66. The lowest BCUT2D eigenvalue weighted by Crippen LogP contribution is -2.38. The van der Waals surface area contributed by atoms with E-state index in [-0.39, 0.29) is 18.9 Å². The summed E-state index contributed by atoms with van der Waals surface area (Å²) in [5.41, 5.74) is 1.77. The van der Waals surface area contributed by atoms with Crippen molar-refractivity contribution in [2.45, 2.75) is 32.8 Å². The van der Waals surface area contributed by atoms with Crippen LogP contribution in [0.25, 0.3) is 0 Å². The molecule has 2 aromatic heterocycles. The fourth-order valence-electron chi connectivity index (χ4n) is 2.24. The molecular weight excluding hydrogens is 286 g/mol. The van der Waals surface area contributed by atoms with Gasteiger partial charge in [-0.25, -0.2) is 0 Å². The van der Waals surface area contributed by atoms with Crippen molar-refractivity contribution < 1.29 is 9.90 Å². The molecule has 6 heteroatoms. The number of aromatic nitrogens is 2. The largest absolute Gasteiger partial charge is 0.383 e. The molecule has 0 saturated heterocycles. The minimum absolute atomic E-state index is 0.106. The molecular formula is C15H21N3O2S. The van der Waals surface area contributed by atoms with Crippen molar-refractivity contribution in [3.8, 4) is 0 Å². The second kappa shape index (κ2) is 5.99. The van der Waals surface area contributed by atoms with Gasteiger partial charge >= 0.3 is 0 Å². The number of thiophene rings is 1. The molecule has 0 fully saturated rings. The summed E-state index contributed by atoms with van der Waals surface area (Å²) in [5, 5.41) is 19.4. The molecule has 0 spiro atoms. The Labute approximate surface area is 128 Å². The number of nitrogens with zero attached hydrogens (tertiary/aromatic N) is 2. The van der Waals surface area contributed by atoms with E-state index in [4.69, 9.17) is 0 Å². The SMILES string of the molecule is Cc1nn(C)c(C)c1CC(=O)NCC(C)(O)c1cccs1. The zero-order valence-electron chi connectivity index (χ0n) is 12.8. The lowest BCUT2D eigenvalue weighted by atomic mass is 10.0. The van der Waals surface area contributed by atoms with Crippen LogP contribution in [0.1, 0.15) is 28.8 Å². The Morgan fingerprint density at radius 3 is 2.76 bits per heavy atom. The van der Waals surface area contributed by atoms with E-state index in [1.165, 1.54) is 11.3 Å². The van der Waals surface area contributed by atoms with Crippen molar-refractivity contribution in [2.75, 3.05) is 6.54 Å². The van der Waals surface area contributed by atoms with Crippen molar-refractivity contribution in [3.05, 3.63) is 39.3 Å². The number of carbonyl (C=O) groups excluding carboxylic acids is 1. The van der Waals surface area contributed by atoms with Gasteiger partial charge in [-0.05, 0) is 32.2 Å². The van der Waals surface area contributed by atoms with Crippen LogP contribution in [-0.4, -0.2) is 27.3 Å². The predicted molar refractivity (Wildman–Crippen MR) is 83.3 cm³/mol. The minimum atomic E-state index is -1.04. The second-order valence-corrected chi connectivity index (χ2v) is 6.43. The van der Waals surface area contributed by atoms with Crippen LogP contribution in [0.4, 0.5) is 0 Å². The Morgan fingerprint density at radius 2 is 2.24 bits per heavy atom. The summed E-state index contributed by atoms with van der Waals surface area (Å²) >= 11 is 1.48. The summed E-state index contributed by atoms with van der Waals surface area (Å²) in [6, 6.07) is 3.75. The van der Waals surface area contributed by atoms with E-state index < -0.39 is 5.60 Å². The zero-order valence-corrected chi connectivity index (χ0v) is 13.6. The normalized spacial score (nSPS) is 14.0. The van der Waals surface area contributed by atoms with Gasteiger partial charge in [0.15, 0.2) is 0 Å². The Bertz CT molecular complexity index is 630. The summed E-state index contributed by atoms with van der Waals surface area (Å²) in [7, 11) is 1.87. The average molecular weight is 307 g/mol. The first-order chi connectivity index (χ1) is 9.81. The highest BCUT2D eigenvalue weighted by molar-refractivity contribution is 7.10. The molecule has 1 atom stereocenters. The van der Waals surface area contributed by atoms with Gasteiger partial charge in [0, 0.05) is 23.2 Å². The number of nitrogens with one attached hydrogen (secondary N) is 1. The van der Waals surface area contributed by atoms with Gasteiger partial charge in [-0.1, -0.05) is 6.07 Å². The van der Waals surface area contributed by atoms with Gasteiger partial charge in [0.2, 0.25) is 5.91 Å². The number of rotatable bonds is 5. The Morgan fingerprint density at radius 1 is 1.52 bits per heavy atom. The maximum Gasteiger partial charge on any atom is 0.224 e. The third-order valence-electron chi connectivity index (χ3n) is 3.68. The molecule has 1 amide bonds. The van der Waals surface area contributed by atoms with Crippen LogP contribution in [0.5, 0.6) is 0 Å². The second-order valence-electron chi connectivity index (χ2n) is 5.48. The molecule has 2 N–H and O–H groups in total. The highest BCUT2D eigenvalue weighted by Gasteiger charge is 2.25. The maximum absolute atomic E-state index is 12.1. The first-order valence-electron chi connectivity index (χ1n) is 6.83. The average Bonchev–Trinajstić information content (AvgIpc) is 3.02. The van der Waals surface area contributed by atoms with Crippen LogP contribution in [0.2, 0.25) is 0 Å². The molecule has 114 valence electrons. The number of hydrogen-bond donors (Lipinski definition) is 2. The summed E-state index contributed by atoms with van der Waals surface area (Å²) in [6.45, 7) is 5.76. The molecule has 21 heavy (non-hydrogen) atoms. The highest BCUT2D eigenvalue weighted by Crippen LogP contribution is 2.24. The molecule has 1 unspecified atom stereocenters. The summed E-state index contributed by atoms with van der Waals surface area (Å²) < 4.78 is 1.78. The van der Waals surface area contributed by atoms with Gasteiger partial charge in [-0.3, -0.25) is 9.48 Å². The molecule has 5 nitrogen and oxygen atoms in total. The lowest BCUT2D eigenvalue weighted by molar-refractivity contribution is -0.121. The van der Waals surface area contributed by atoms with E-state index in [2.05, 4.69) is 10.4 Å². The van der Waals surface area contributed by atoms with Crippen molar-refractivity contribution in [1.82, 2.24) is 15.1 Å². The molecule has 2 aromatic rings. The van der Waals surface area contributed by atoms with Crippen molar-refractivity contribution in [3.63, 3.8) is 0 Å². The van der Waals surface area contributed by atoms with Gasteiger partial charge in [0.25, 0.3) is 0 Å². The fraction of sp³-hybridized carbons (Fsp3) is 0.467. The molecule has 0 aromatic carbocycles. The van der Waals surface area contributed by atoms with Crippen LogP contribution in [0.3, 0.4) is 0 Å². The topological polar surface area (TPSA) is 67.2 Å². The van der Waals surface area contributed by atoms with E-state index in [0.717, 1.165) is 21.8 Å². The zero-order chi connectivity index (χ0) is 15.6. The van der Waals surface area contributed by atoms with E-state index in [1.807, 2.05) is 38.4 Å². The number of carbonyl (C=O) groups is 1.